The highest BCUT2D eigenvalue weighted by Crippen LogP contribution is 2.28. The molecule has 0 bridgehead atoms. The van der Waals surface area contributed by atoms with E-state index in [4.69, 9.17) is 11.6 Å². The summed E-state index contributed by atoms with van der Waals surface area (Å²) in [6.07, 6.45) is 0. The van der Waals surface area contributed by atoms with Gasteiger partial charge in [-0.15, -0.1) is 11.3 Å². The first-order chi connectivity index (χ1) is 8.99. The van der Waals surface area contributed by atoms with Gasteiger partial charge in [-0.3, -0.25) is 4.79 Å². The first-order valence-electron chi connectivity index (χ1n) is 5.76. The van der Waals surface area contributed by atoms with Gasteiger partial charge in [0.1, 0.15) is 10.6 Å². The average molecular weight is 296 g/mol. The summed E-state index contributed by atoms with van der Waals surface area (Å²) in [7, 11) is 1.74. The largest absolute Gasteiger partial charge is 0.508 e. The molecule has 2 rings (SSSR count). The second kappa shape index (κ2) is 5.63. The maximum absolute atomic E-state index is 12.3. The van der Waals surface area contributed by atoms with Crippen LogP contribution in [0.3, 0.4) is 0 Å². The Morgan fingerprint density at radius 1 is 1.37 bits per heavy atom. The zero-order chi connectivity index (χ0) is 14.0. The number of thiophene rings is 1. The Balaban J connectivity index is 2.11. The van der Waals surface area contributed by atoms with Crippen LogP contribution in [-0.2, 0) is 6.54 Å². The Morgan fingerprint density at radius 3 is 2.53 bits per heavy atom. The van der Waals surface area contributed by atoms with E-state index in [0.29, 0.717) is 16.4 Å². The van der Waals surface area contributed by atoms with Crippen molar-refractivity contribution in [2.45, 2.75) is 13.5 Å². The van der Waals surface area contributed by atoms with Crippen molar-refractivity contribution in [1.82, 2.24) is 4.90 Å². The van der Waals surface area contributed by atoms with Crippen molar-refractivity contribution in [2.75, 3.05) is 7.05 Å². The van der Waals surface area contributed by atoms with Crippen LogP contribution in [0.15, 0.2) is 29.6 Å². The summed E-state index contributed by atoms with van der Waals surface area (Å²) in [6, 6.07) is 6.80. The number of rotatable bonds is 3. The lowest BCUT2D eigenvalue weighted by Gasteiger charge is -2.16. The van der Waals surface area contributed by atoms with Crippen LogP contribution >= 0.6 is 22.9 Å². The van der Waals surface area contributed by atoms with Gasteiger partial charge in [-0.2, -0.15) is 0 Å². The number of halogens is 1. The molecule has 0 aliphatic heterocycles. The highest BCUT2D eigenvalue weighted by Gasteiger charge is 2.18. The van der Waals surface area contributed by atoms with Gasteiger partial charge in [0.05, 0.1) is 5.02 Å². The summed E-state index contributed by atoms with van der Waals surface area (Å²) in [5.41, 5.74) is 1.88. The highest BCUT2D eigenvalue weighted by atomic mass is 35.5. The maximum atomic E-state index is 12.3. The smallest absolute Gasteiger partial charge is 0.265 e. The Morgan fingerprint density at radius 2 is 2.00 bits per heavy atom. The monoisotopic (exact) mass is 295 g/mol. The highest BCUT2D eigenvalue weighted by molar-refractivity contribution is 7.13. The van der Waals surface area contributed by atoms with Crippen LogP contribution in [0.25, 0.3) is 0 Å². The summed E-state index contributed by atoms with van der Waals surface area (Å²) in [4.78, 5) is 14.4. The standard InChI is InChI=1S/C14H14ClNO2S/c1-9-8-19-13(12(9)15)14(18)16(2)7-10-3-5-11(17)6-4-10/h3-6,8,17H,7H2,1-2H3. The molecule has 1 amide bonds. The lowest BCUT2D eigenvalue weighted by atomic mass is 10.2. The van der Waals surface area contributed by atoms with Crippen molar-refractivity contribution < 1.29 is 9.90 Å². The second-order valence-corrected chi connectivity index (χ2v) is 5.65. The van der Waals surface area contributed by atoms with E-state index < -0.39 is 0 Å². The van der Waals surface area contributed by atoms with Gasteiger partial charge in [0.15, 0.2) is 0 Å². The van der Waals surface area contributed by atoms with Gasteiger partial charge >= 0.3 is 0 Å². The minimum absolute atomic E-state index is 0.0869. The molecule has 2 aromatic rings. The summed E-state index contributed by atoms with van der Waals surface area (Å²) in [6.45, 7) is 2.36. The minimum atomic E-state index is -0.0869. The zero-order valence-electron chi connectivity index (χ0n) is 10.7. The molecule has 19 heavy (non-hydrogen) atoms. The number of benzene rings is 1. The predicted octanol–water partition coefficient (Wildman–Crippen LogP) is 3.69. The SMILES string of the molecule is Cc1csc(C(=O)N(C)Cc2ccc(O)cc2)c1Cl. The van der Waals surface area contributed by atoms with E-state index in [9.17, 15) is 9.90 Å². The van der Waals surface area contributed by atoms with Gasteiger partial charge in [0.2, 0.25) is 0 Å². The summed E-state index contributed by atoms with van der Waals surface area (Å²) in [5.74, 6) is 0.130. The van der Waals surface area contributed by atoms with E-state index in [1.54, 1.807) is 36.2 Å². The molecule has 100 valence electrons. The van der Waals surface area contributed by atoms with E-state index in [-0.39, 0.29) is 11.7 Å². The number of amides is 1. The molecular formula is C14H14ClNO2S. The van der Waals surface area contributed by atoms with Crippen LogP contribution in [0.1, 0.15) is 20.8 Å². The van der Waals surface area contributed by atoms with E-state index >= 15 is 0 Å². The third-order valence-corrected chi connectivity index (χ3v) is 4.48. The van der Waals surface area contributed by atoms with Crippen LogP contribution < -0.4 is 0 Å². The fourth-order valence-corrected chi connectivity index (χ4v) is 2.96. The molecule has 0 radical (unpaired) electrons. The number of carbonyl (C=O) groups excluding carboxylic acids is 1. The Bertz CT molecular complexity index is 592. The number of hydrogen-bond acceptors (Lipinski definition) is 3. The molecule has 3 nitrogen and oxygen atoms in total. The van der Waals surface area contributed by atoms with Gasteiger partial charge in [0.25, 0.3) is 5.91 Å². The van der Waals surface area contributed by atoms with Crippen molar-refractivity contribution in [3.63, 3.8) is 0 Å². The minimum Gasteiger partial charge on any atom is -0.508 e. The molecule has 5 heteroatoms. The number of nitrogens with zero attached hydrogens (tertiary/aromatic N) is 1. The normalized spacial score (nSPS) is 10.5. The number of carbonyl (C=O) groups is 1. The summed E-state index contributed by atoms with van der Waals surface area (Å²) in [5, 5.41) is 11.6. The fourth-order valence-electron chi connectivity index (χ4n) is 1.69. The Kier molecular flexibility index (Phi) is 4.12. The Labute approximate surface area is 121 Å². The first-order valence-corrected chi connectivity index (χ1v) is 7.01. The lowest BCUT2D eigenvalue weighted by Crippen LogP contribution is -2.25. The van der Waals surface area contributed by atoms with Crippen molar-refractivity contribution in [3.05, 3.63) is 50.7 Å². The van der Waals surface area contributed by atoms with E-state index in [2.05, 4.69) is 0 Å². The molecule has 0 atom stereocenters. The molecule has 1 heterocycles. The average Bonchev–Trinajstić information content (AvgIpc) is 2.72. The van der Waals surface area contributed by atoms with E-state index in [1.807, 2.05) is 12.3 Å². The van der Waals surface area contributed by atoms with Crippen molar-refractivity contribution in [1.29, 1.82) is 0 Å². The van der Waals surface area contributed by atoms with Crippen LogP contribution in [0.4, 0.5) is 0 Å². The van der Waals surface area contributed by atoms with Crippen molar-refractivity contribution in [2.24, 2.45) is 0 Å². The molecule has 0 aliphatic carbocycles. The predicted molar refractivity (Wildman–Crippen MR) is 78.0 cm³/mol. The van der Waals surface area contributed by atoms with Gasteiger partial charge in [-0.05, 0) is 35.6 Å². The molecule has 0 fully saturated rings. The molecule has 1 aromatic heterocycles. The molecule has 0 saturated heterocycles. The molecular weight excluding hydrogens is 282 g/mol. The Hall–Kier alpha value is -1.52. The molecule has 0 spiro atoms. The second-order valence-electron chi connectivity index (χ2n) is 4.39. The van der Waals surface area contributed by atoms with Crippen molar-refractivity contribution >= 4 is 28.8 Å². The third kappa shape index (κ3) is 3.08. The van der Waals surface area contributed by atoms with Crippen molar-refractivity contribution in [3.8, 4) is 5.75 Å². The maximum Gasteiger partial charge on any atom is 0.265 e. The van der Waals surface area contributed by atoms with Crippen LogP contribution in [0.5, 0.6) is 5.75 Å². The lowest BCUT2D eigenvalue weighted by molar-refractivity contribution is 0.0790. The van der Waals surface area contributed by atoms with Gasteiger partial charge in [0, 0.05) is 13.6 Å². The zero-order valence-corrected chi connectivity index (χ0v) is 12.3. The quantitative estimate of drug-likeness (QED) is 0.938. The van der Waals surface area contributed by atoms with Crippen LogP contribution in [-0.4, -0.2) is 23.0 Å². The van der Waals surface area contributed by atoms with Crippen LogP contribution in [0.2, 0.25) is 5.02 Å². The number of hydrogen-bond donors (Lipinski definition) is 1. The number of phenols is 1. The number of phenolic OH excluding ortho intramolecular Hbond substituents is 1. The van der Waals surface area contributed by atoms with Gasteiger partial charge in [-0.25, -0.2) is 0 Å². The van der Waals surface area contributed by atoms with Crippen LogP contribution in [0, 0.1) is 6.92 Å². The third-order valence-electron chi connectivity index (χ3n) is 2.80. The fraction of sp³-hybridized carbons (Fsp3) is 0.214. The molecule has 0 saturated carbocycles. The van der Waals surface area contributed by atoms with Gasteiger partial charge < -0.3 is 10.0 Å². The summed E-state index contributed by atoms with van der Waals surface area (Å²) < 4.78 is 0. The number of aryl methyl sites for hydroxylation is 1. The number of aromatic hydroxyl groups is 1. The molecule has 1 N–H and O–H groups in total. The topological polar surface area (TPSA) is 40.5 Å². The summed E-state index contributed by atoms with van der Waals surface area (Å²) >= 11 is 7.46. The molecule has 0 unspecified atom stereocenters. The van der Waals surface area contributed by atoms with E-state index in [1.165, 1.54) is 11.3 Å². The first kappa shape index (κ1) is 13.9. The van der Waals surface area contributed by atoms with E-state index in [0.717, 1.165) is 11.1 Å². The molecule has 0 aliphatic rings. The molecule has 1 aromatic carbocycles. The van der Waals surface area contributed by atoms with Gasteiger partial charge in [-0.1, -0.05) is 23.7 Å².